The van der Waals surface area contributed by atoms with E-state index >= 15 is 0 Å². The van der Waals surface area contributed by atoms with Crippen LogP contribution in [0.2, 0.25) is 0 Å². The number of hydrogen-bond acceptors (Lipinski definition) is 5. The number of ether oxygens (including phenoxy) is 2. The Morgan fingerprint density at radius 2 is 1.81 bits per heavy atom. The number of aliphatic imine (C=N–C) groups is 1. The lowest BCUT2D eigenvalue weighted by Gasteiger charge is -2.20. The van der Waals surface area contributed by atoms with Crippen molar-refractivity contribution in [2.45, 2.75) is 44.9 Å². The minimum atomic E-state index is 0. The maximum Gasteiger partial charge on any atom is 0.191 e. The van der Waals surface area contributed by atoms with E-state index in [9.17, 15) is 0 Å². The highest BCUT2D eigenvalue weighted by molar-refractivity contribution is 14.0. The van der Waals surface area contributed by atoms with Crippen LogP contribution in [0.4, 0.5) is 5.82 Å². The van der Waals surface area contributed by atoms with Gasteiger partial charge in [-0.05, 0) is 43.9 Å². The minimum Gasteiger partial charge on any atom is -0.493 e. The quantitative estimate of drug-likeness (QED) is 0.301. The zero-order valence-electron chi connectivity index (χ0n) is 18.9. The SMILES string of the molecule is CN=C(NCc1cccc(N(C)C)n1)NCc1cccc(OC)c1OC1CCCC1.I. The van der Waals surface area contributed by atoms with E-state index in [0.29, 0.717) is 19.0 Å². The fraction of sp³-hybridized carbons (Fsp3) is 0.478. The average Bonchev–Trinajstić information content (AvgIpc) is 3.28. The number of halogens is 1. The Kier molecular flexibility index (Phi) is 10.2. The van der Waals surface area contributed by atoms with E-state index < -0.39 is 0 Å². The predicted octanol–water partition coefficient (Wildman–Crippen LogP) is 3.96. The molecule has 8 heteroatoms. The van der Waals surface area contributed by atoms with Crippen LogP contribution in [-0.2, 0) is 13.1 Å². The summed E-state index contributed by atoms with van der Waals surface area (Å²) in [7, 11) is 7.42. The number of hydrogen-bond donors (Lipinski definition) is 2. The molecule has 0 bridgehead atoms. The first kappa shape index (κ1) is 25.0. The van der Waals surface area contributed by atoms with Gasteiger partial charge in [0.25, 0.3) is 0 Å². The van der Waals surface area contributed by atoms with Crippen LogP contribution in [0.25, 0.3) is 0 Å². The molecule has 0 saturated heterocycles. The molecule has 1 saturated carbocycles. The molecular formula is C23H34IN5O2. The van der Waals surface area contributed by atoms with Crippen molar-refractivity contribution in [1.29, 1.82) is 0 Å². The number of benzene rings is 1. The summed E-state index contributed by atoms with van der Waals surface area (Å²) < 4.78 is 11.9. The number of aromatic nitrogens is 1. The Morgan fingerprint density at radius 1 is 1.10 bits per heavy atom. The zero-order valence-corrected chi connectivity index (χ0v) is 21.2. The number of pyridine rings is 1. The van der Waals surface area contributed by atoms with Crippen LogP contribution in [0, 0.1) is 0 Å². The van der Waals surface area contributed by atoms with Crippen molar-refractivity contribution < 1.29 is 9.47 Å². The van der Waals surface area contributed by atoms with Gasteiger partial charge in [-0.2, -0.15) is 0 Å². The van der Waals surface area contributed by atoms with Crippen molar-refractivity contribution in [1.82, 2.24) is 15.6 Å². The number of nitrogens with zero attached hydrogens (tertiary/aromatic N) is 3. The maximum absolute atomic E-state index is 6.32. The molecule has 1 aromatic heterocycles. The average molecular weight is 539 g/mol. The van der Waals surface area contributed by atoms with Gasteiger partial charge < -0.3 is 25.0 Å². The molecule has 31 heavy (non-hydrogen) atoms. The Labute approximate surface area is 202 Å². The van der Waals surface area contributed by atoms with Crippen LogP contribution >= 0.6 is 24.0 Å². The van der Waals surface area contributed by atoms with Crippen molar-refractivity contribution in [2.75, 3.05) is 33.2 Å². The van der Waals surface area contributed by atoms with Gasteiger partial charge in [0.1, 0.15) is 5.82 Å². The summed E-state index contributed by atoms with van der Waals surface area (Å²) in [6.45, 7) is 1.18. The molecule has 3 rings (SSSR count). The van der Waals surface area contributed by atoms with E-state index in [1.165, 1.54) is 12.8 Å². The summed E-state index contributed by atoms with van der Waals surface area (Å²) in [6, 6.07) is 12.0. The molecular weight excluding hydrogens is 505 g/mol. The third-order valence-electron chi connectivity index (χ3n) is 5.22. The van der Waals surface area contributed by atoms with Gasteiger partial charge in [-0.1, -0.05) is 18.2 Å². The fourth-order valence-electron chi connectivity index (χ4n) is 3.56. The van der Waals surface area contributed by atoms with E-state index in [1.54, 1.807) is 14.2 Å². The van der Waals surface area contributed by atoms with Gasteiger partial charge in [-0.3, -0.25) is 4.99 Å². The molecule has 170 valence electrons. The molecule has 2 aromatic rings. The van der Waals surface area contributed by atoms with Crippen LogP contribution in [0.5, 0.6) is 11.5 Å². The van der Waals surface area contributed by atoms with Gasteiger partial charge >= 0.3 is 0 Å². The first-order chi connectivity index (χ1) is 14.6. The largest absolute Gasteiger partial charge is 0.493 e. The molecule has 0 spiro atoms. The minimum absolute atomic E-state index is 0. The maximum atomic E-state index is 6.32. The molecule has 0 atom stereocenters. The number of nitrogens with one attached hydrogen (secondary N) is 2. The van der Waals surface area contributed by atoms with Crippen molar-refractivity contribution >= 4 is 35.8 Å². The van der Waals surface area contributed by atoms with Crippen LogP contribution in [0.3, 0.4) is 0 Å². The molecule has 2 N–H and O–H groups in total. The molecule has 1 heterocycles. The molecule has 0 unspecified atom stereocenters. The van der Waals surface area contributed by atoms with Gasteiger partial charge in [0.2, 0.25) is 0 Å². The summed E-state index contributed by atoms with van der Waals surface area (Å²) in [5.74, 6) is 3.24. The van der Waals surface area contributed by atoms with Crippen molar-refractivity contribution in [3.63, 3.8) is 0 Å². The number of methoxy groups -OCH3 is 1. The second kappa shape index (κ2) is 12.6. The van der Waals surface area contributed by atoms with Crippen molar-refractivity contribution in [2.24, 2.45) is 4.99 Å². The van der Waals surface area contributed by atoms with Crippen LogP contribution < -0.4 is 25.0 Å². The molecule has 1 aliphatic rings. The summed E-state index contributed by atoms with van der Waals surface area (Å²) in [5, 5.41) is 6.70. The highest BCUT2D eigenvalue weighted by Crippen LogP contribution is 2.34. The lowest BCUT2D eigenvalue weighted by atomic mass is 10.1. The molecule has 1 fully saturated rings. The topological polar surface area (TPSA) is 71.0 Å². The Morgan fingerprint density at radius 3 is 2.48 bits per heavy atom. The first-order valence-corrected chi connectivity index (χ1v) is 10.5. The normalized spacial score (nSPS) is 14.0. The van der Waals surface area contributed by atoms with Gasteiger partial charge in [0.05, 0.1) is 25.5 Å². The Bertz CT molecular complexity index is 854. The van der Waals surface area contributed by atoms with E-state index in [4.69, 9.17) is 9.47 Å². The van der Waals surface area contributed by atoms with Crippen molar-refractivity contribution in [3.8, 4) is 11.5 Å². The van der Waals surface area contributed by atoms with E-state index in [0.717, 1.165) is 41.4 Å². The monoisotopic (exact) mass is 539 g/mol. The molecule has 0 amide bonds. The van der Waals surface area contributed by atoms with E-state index in [1.807, 2.05) is 49.3 Å². The van der Waals surface area contributed by atoms with Crippen LogP contribution in [0.15, 0.2) is 41.4 Å². The number of anilines is 1. The first-order valence-electron chi connectivity index (χ1n) is 10.5. The second-order valence-electron chi connectivity index (χ2n) is 7.63. The number of guanidine groups is 1. The second-order valence-corrected chi connectivity index (χ2v) is 7.63. The van der Waals surface area contributed by atoms with Gasteiger partial charge in [-0.15, -0.1) is 24.0 Å². The van der Waals surface area contributed by atoms with E-state index in [-0.39, 0.29) is 30.1 Å². The summed E-state index contributed by atoms with van der Waals surface area (Å²) in [5.41, 5.74) is 2.01. The zero-order chi connectivity index (χ0) is 21.3. The highest BCUT2D eigenvalue weighted by Gasteiger charge is 2.20. The lowest BCUT2D eigenvalue weighted by molar-refractivity contribution is 0.198. The number of rotatable bonds is 8. The number of para-hydroxylation sites is 1. The predicted molar refractivity (Wildman–Crippen MR) is 137 cm³/mol. The van der Waals surface area contributed by atoms with Crippen molar-refractivity contribution in [3.05, 3.63) is 47.7 Å². The Hall–Kier alpha value is -2.23. The molecule has 7 nitrogen and oxygen atoms in total. The highest BCUT2D eigenvalue weighted by atomic mass is 127. The van der Waals surface area contributed by atoms with Gasteiger partial charge in [-0.25, -0.2) is 4.98 Å². The molecule has 0 radical (unpaired) electrons. The standard InChI is InChI=1S/C23H33N5O2.HI/c1-24-23(26-16-18-10-8-14-21(27-18)28(2)3)25-15-17-9-7-13-20(29-4)22(17)30-19-11-5-6-12-19;/h7-10,13-14,19H,5-6,11-12,15-16H2,1-4H3,(H2,24,25,26);1H. The third kappa shape index (κ3) is 7.15. The third-order valence-corrected chi connectivity index (χ3v) is 5.22. The summed E-state index contributed by atoms with van der Waals surface area (Å²) >= 11 is 0. The van der Waals surface area contributed by atoms with Gasteiger partial charge in [0, 0.05) is 33.3 Å². The molecule has 0 aliphatic heterocycles. The smallest absolute Gasteiger partial charge is 0.191 e. The van der Waals surface area contributed by atoms with Crippen LogP contribution in [-0.4, -0.2) is 45.3 Å². The fourth-order valence-corrected chi connectivity index (χ4v) is 3.56. The summed E-state index contributed by atoms with van der Waals surface area (Å²) in [4.78, 5) is 11.0. The Balaban J connectivity index is 0.00000341. The lowest BCUT2D eigenvalue weighted by Crippen LogP contribution is -2.36. The summed E-state index contributed by atoms with van der Waals surface area (Å²) in [6.07, 6.45) is 4.94. The molecule has 1 aliphatic carbocycles. The molecule has 1 aromatic carbocycles. The van der Waals surface area contributed by atoms with E-state index in [2.05, 4.69) is 26.7 Å². The van der Waals surface area contributed by atoms with Crippen LogP contribution in [0.1, 0.15) is 36.9 Å². The van der Waals surface area contributed by atoms with Gasteiger partial charge in [0.15, 0.2) is 17.5 Å².